The van der Waals surface area contributed by atoms with Gasteiger partial charge >= 0.3 is 11.9 Å². The van der Waals surface area contributed by atoms with Gasteiger partial charge in [0, 0.05) is 20.0 Å². The molecule has 0 unspecified atom stereocenters. The molecule has 3 N–H and O–H groups in total. The van der Waals surface area contributed by atoms with Crippen LogP contribution in [0.25, 0.3) is 10.8 Å². The van der Waals surface area contributed by atoms with Crippen LogP contribution >= 0.6 is 0 Å². The van der Waals surface area contributed by atoms with Crippen molar-refractivity contribution in [3.8, 4) is 0 Å². The van der Waals surface area contributed by atoms with Crippen LogP contribution < -0.4 is 16.4 Å². The van der Waals surface area contributed by atoms with Crippen molar-refractivity contribution in [2.45, 2.75) is 19.6 Å². The highest BCUT2D eigenvalue weighted by atomic mass is 16.7. The van der Waals surface area contributed by atoms with E-state index in [1.807, 2.05) is 0 Å². The fourth-order valence-electron chi connectivity index (χ4n) is 2.28. The lowest BCUT2D eigenvalue weighted by molar-refractivity contribution is -0.222. The van der Waals surface area contributed by atoms with Gasteiger partial charge in [0.25, 0.3) is 16.9 Å². The second kappa shape index (κ2) is 5.37. The van der Waals surface area contributed by atoms with Gasteiger partial charge in [-0.15, -0.1) is 0 Å². The number of fused-ring (bicyclic) bond motifs is 1. The number of esters is 2. The summed E-state index contributed by atoms with van der Waals surface area (Å²) in [6.45, 7) is 2.87. The molecule has 0 aliphatic carbocycles. The van der Waals surface area contributed by atoms with Gasteiger partial charge in [0.2, 0.25) is 0 Å². The normalized spacial score (nSPS) is 16.5. The number of carbonyl (C=O) groups excluding carboxylic acids is 2. The minimum atomic E-state index is -1.34. The highest BCUT2D eigenvalue weighted by Crippen LogP contribution is 2.23. The molecule has 1 aromatic carbocycles. The minimum Gasteiger partial charge on any atom is -0.419 e. The fraction of sp³-hybridized carbons (Fsp3) is 0.200. The summed E-state index contributed by atoms with van der Waals surface area (Å²) in [6, 6.07) is 4.56. The fourth-order valence-corrected chi connectivity index (χ4v) is 2.28. The van der Waals surface area contributed by atoms with E-state index in [4.69, 9.17) is 9.47 Å². The topological polar surface area (TPSA) is 130 Å². The summed E-state index contributed by atoms with van der Waals surface area (Å²) in [5.41, 5.74) is -1.11. The highest BCUT2D eigenvalue weighted by molar-refractivity contribution is 6.15. The number of anilines is 1. The lowest BCUT2D eigenvalue weighted by Gasteiger charge is -2.29. The van der Waals surface area contributed by atoms with E-state index in [2.05, 4.69) is 15.5 Å². The molecular weight excluding hydrogens is 318 g/mol. The second-order valence-electron chi connectivity index (χ2n) is 5.52. The van der Waals surface area contributed by atoms with Gasteiger partial charge in [-0.05, 0) is 12.1 Å². The van der Waals surface area contributed by atoms with E-state index < -0.39 is 28.8 Å². The Morgan fingerprint density at radius 2 is 1.62 bits per heavy atom. The van der Waals surface area contributed by atoms with Crippen LogP contribution in [0.2, 0.25) is 0 Å². The average Bonchev–Trinajstić information content (AvgIpc) is 2.49. The van der Waals surface area contributed by atoms with Crippen molar-refractivity contribution in [2.24, 2.45) is 0 Å². The van der Waals surface area contributed by atoms with E-state index in [0.29, 0.717) is 0 Å². The summed E-state index contributed by atoms with van der Waals surface area (Å²) in [5, 5.41) is 7.36. The number of ether oxygens (including phenoxy) is 2. The molecule has 2 aromatic rings. The average molecular weight is 331 g/mol. The van der Waals surface area contributed by atoms with Gasteiger partial charge in [0.05, 0.1) is 16.5 Å². The molecule has 0 bridgehead atoms. The molecule has 1 aromatic heterocycles. The monoisotopic (exact) mass is 331 g/mol. The lowest BCUT2D eigenvalue weighted by Crippen LogP contribution is -2.42. The van der Waals surface area contributed by atoms with Gasteiger partial charge in [0.1, 0.15) is 0 Å². The van der Waals surface area contributed by atoms with Crippen LogP contribution in [0.3, 0.4) is 0 Å². The maximum Gasteiger partial charge on any atom is 0.350 e. The van der Waals surface area contributed by atoms with E-state index >= 15 is 0 Å². The van der Waals surface area contributed by atoms with Crippen LogP contribution in [-0.2, 0) is 19.1 Å². The van der Waals surface area contributed by atoms with E-state index in [0.717, 1.165) is 6.20 Å². The van der Waals surface area contributed by atoms with Crippen LogP contribution in [0.5, 0.6) is 0 Å². The summed E-state index contributed by atoms with van der Waals surface area (Å²) in [7, 11) is 0. The lowest BCUT2D eigenvalue weighted by atomic mass is 10.1. The molecule has 1 saturated heterocycles. The molecule has 0 saturated carbocycles. The molecule has 0 atom stereocenters. The number of cyclic esters (lactones) is 2. The third kappa shape index (κ3) is 2.67. The summed E-state index contributed by atoms with van der Waals surface area (Å²) < 4.78 is 9.92. The van der Waals surface area contributed by atoms with Gasteiger partial charge in [-0.1, -0.05) is 6.07 Å². The first-order chi connectivity index (χ1) is 11.3. The van der Waals surface area contributed by atoms with E-state index in [-0.39, 0.29) is 22.0 Å². The van der Waals surface area contributed by atoms with Crippen molar-refractivity contribution in [3.63, 3.8) is 0 Å². The molecule has 0 spiro atoms. The Morgan fingerprint density at radius 1 is 1.00 bits per heavy atom. The predicted octanol–water partition coefficient (Wildman–Crippen LogP) is 0.348. The number of hydrogen-bond donors (Lipinski definition) is 3. The molecule has 9 heteroatoms. The Labute approximate surface area is 134 Å². The highest BCUT2D eigenvalue weighted by Gasteiger charge is 2.38. The smallest absolute Gasteiger partial charge is 0.350 e. The van der Waals surface area contributed by atoms with Gasteiger partial charge in [-0.25, -0.2) is 9.59 Å². The number of benzene rings is 1. The van der Waals surface area contributed by atoms with Crippen LogP contribution in [0.4, 0.5) is 5.69 Å². The van der Waals surface area contributed by atoms with E-state index in [1.54, 1.807) is 6.07 Å². The molecule has 1 aliphatic rings. The largest absolute Gasteiger partial charge is 0.419 e. The quantitative estimate of drug-likeness (QED) is 0.411. The van der Waals surface area contributed by atoms with Gasteiger partial charge in [0.15, 0.2) is 5.57 Å². The molecule has 9 nitrogen and oxygen atoms in total. The Hall–Kier alpha value is -3.36. The zero-order chi connectivity index (χ0) is 17.5. The van der Waals surface area contributed by atoms with E-state index in [9.17, 15) is 19.2 Å². The van der Waals surface area contributed by atoms with Gasteiger partial charge < -0.3 is 14.8 Å². The standard InChI is InChI=1S/C15H13N3O6/c1-15(2)23-13(21)8(14(22)24-15)6-16-9-5-3-4-7-10(9)12(20)18-17-11(7)19/h3-6,16H,1-2H3,(H,17,19)(H,18,20). The van der Waals surface area contributed by atoms with Crippen molar-refractivity contribution in [2.75, 3.05) is 5.32 Å². The number of hydrogen-bond acceptors (Lipinski definition) is 7. The second-order valence-corrected chi connectivity index (χ2v) is 5.52. The Kier molecular flexibility index (Phi) is 3.48. The molecule has 1 fully saturated rings. The Bertz CT molecular complexity index is 976. The SMILES string of the molecule is CC1(C)OC(=O)C(=CNc2cccc3c(=O)[nH][nH]c(=O)c23)C(=O)O1. The molecule has 0 amide bonds. The van der Waals surface area contributed by atoms with Gasteiger partial charge in [-0.2, -0.15) is 0 Å². The molecular formula is C15H13N3O6. The minimum absolute atomic E-state index is 0.0935. The number of rotatable bonds is 2. The Morgan fingerprint density at radius 3 is 2.29 bits per heavy atom. The first kappa shape index (κ1) is 15.5. The van der Waals surface area contributed by atoms with E-state index in [1.165, 1.54) is 26.0 Å². The first-order valence-electron chi connectivity index (χ1n) is 6.95. The number of carbonyl (C=O) groups is 2. The van der Waals surface area contributed by atoms with Crippen molar-refractivity contribution in [3.05, 3.63) is 50.7 Å². The van der Waals surface area contributed by atoms with Crippen LogP contribution in [0.15, 0.2) is 39.6 Å². The Balaban J connectivity index is 2.01. The number of H-pyrrole nitrogens is 2. The van der Waals surface area contributed by atoms with Crippen molar-refractivity contribution in [1.82, 2.24) is 10.2 Å². The zero-order valence-electron chi connectivity index (χ0n) is 12.8. The summed E-state index contributed by atoms with van der Waals surface area (Å²) >= 11 is 0. The first-order valence-corrected chi connectivity index (χ1v) is 6.95. The zero-order valence-corrected chi connectivity index (χ0v) is 12.8. The van der Waals surface area contributed by atoms with Crippen LogP contribution in [0.1, 0.15) is 13.8 Å². The molecule has 0 radical (unpaired) electrons. The molecule has 3 rings (SSSR count). The molecule has 2 heterocycles. The predicted molar refractivity (Wildman–Crippen MR) is 83.2 cm³/mol. The summed E-state index contributed by atoms with van der Waals surface area (Å²) in [5.74, 6) is -3.04. The van der Waals surface area contributed by atoms with Gasteiger partial charge in [-0.3, -0.25) is 19.8 Å². The number of nitrogens with one attached hydrogen (secondary N) is 3. The number of aromatic nitrogens is 2. The molecule has 124 valence electrons. The third-order valence-electron chi connectivity index (χ3n) is 3.31. The van der Waals surface area contributed by atoms with Crippen molar-refractivity contribution < 1.29 is 19.1 Å². The van der Waals surface area contributed by atoms with Crippen molar-refractivity contribution >= 4 is 28.4 Å². The molecule has 24 heavy (non-hydrogen) atoms. The third-order valence-corrected chi connectivity index (χ3v) is 3.31. The maximum atomic E-state index is 11.9. The summed E-state index contributed by atoms with van der Waals surface area (Å²) in [6.07, 6.45) is 1.08. The summed E-state index contributed by atoms with van der Waals surface area (Å²) in [4.78, 5) is 47.4. The molecule has 1 aliphatic heterocycles. The number of aromatic amines is 2. The maximum absolute atomic E-state index is 11.9. The van der Waals surface area contributed by atoms with Crippen LogP contribution in [-0.4, -0.2) is 27.9 Å². The van der Waals surface area contributed by atoms with Crippen LogP contribution in [0, 0.1) is 0 Å². The van der Waals surface area contributed by atoms with Crippen molar-refractivity contribution in [1.29, 1.82) is 0 Å².